The SMILES string of the molecule is CCN1C(=O)/C(=C\c2ccc(F)cc2)SC1=Nc1cccc(C(=O)OC(C)C)c1. The Morgan fingerprint density at radius 2 is 1.97 bits per heavy atom. The second kappa shape index (κ2) is 9.05. The largest absolute Gasteiger partial charge is 0.459 e. The highest BCUT2D eigenvalue weighted by atomic mass is 32.2. The fourth-order valence-electron chi connectivity index (χ4n) is 2.68. The number of amides is 1. The number of likely N-dealkylation sites (N-methyl/N-ethyl adjacent to an activating group) is 1. The summed E-state index contributed by atoms with van der Waals surface area (Å²) in [5.41, 5.74) is 1.69. The minimum Gasteiger partial charge on any atom is -0.459 e. The molecule has 0 saturated carbocycles. The Kier molecular flexibility index (Phi) is 6.49. The number of carbonyl (C=O) groups is 2. The molecular formula is C22H21FN2O3S. The van der Waals surface area contributed by atoms with Gasteiger partial charge in [0, 0.05) is 6.54 Å². The number of hydrogen-bond donors (Lipinski definition) is 0. The molecular weight excluding hydrogens is 391 g/mol. The molecule has 0 unspecified atom stereocenters. The van der Waals surface area contributed by atoms with E-state index in [4.69, 9.17) is 4.74 Å². The summed E-state index contributed by atoms with van der Waals surface area (Å²) in [7, 11) is 0. The van der Waals surface area contributed by atoms with Crippen molar-refractivity contribution in [3.05, 3.63) is 70.4 Å². The minimum atomic E-state index is -0.415. The normalized spacial score (nSPS) is 16.9. The van der Waals surface area contributed by atoms with Gasteiger partial charge in [-0.15, -0.1) is 0 Å². The van der Waals surface area contributed by atoms with Gasteiger partial charge >= 0.3 is 5.97 Å². The van der Waals surface area contributed by atoms with Crippen LogP contribution in [0.2, 0.25) is 0 Å². The van der Waals surface area contributed by atoms with Crippen LogP contribution in [0, 0.1) is 5.82 Å². The van der Waals surface area contributed by atoms with Gasteiger partial charge in [-0.2, -0.15) is 0 Å². The Bertz CT molecular complexity index is 984. The Hall–Kier alpha value is -2.93. The fourth-order valence-corrected chi connectivity index (χ4v) is 3.74. The summed E-state index contributed by atoms with van der Waals surface area (Å²) >= 11 is 1.25. The van der Waals surface area contributed by atoms with Crippen molar-refractivity contribution in [2.75, 3.05) is 6.54 Å². The monoisotopic (exact) mass is 412 g/mol. The summed E-state index contributed by atoms with van der Waals surface area (Å²) in [6.45, 7) is 5.90. The standard InChI is InChI=1S/C22H21FN2O3S/c1-4-25-20(26)19(12-15-8-10-17(23)11-9-15)29-22(25)24-18-7-5-6-16(13-18)21(27)28-14(2)3/h5-14H,4H2,1-3H3/b19-12+,24-22?. The molecule has 5 nitrogen and oxygen atoms in total. The molecule has 1 saturated heterocycles. The van der Waals surface area contributed by atoms with Crippen LogP contribution in [0.1, 0.15) is 36.7 Å². The highest BCUT2D eigenvalue weighted by Crippen LogP contribution is 2.34. The van der Waals surface area contributed by atoms with Crippen LogP contribution in [0.4, 0.5) is 10.1 Å². The first-order chi connectivity index (χ1) is 13.9. The molecule has 150 valence electrons. The maximum Gasteiger partial charge on any atom is 0.338 e. The first kappa shape index (κ1) is 20.8. The molecule has 0 N–H and O–H groups in total. The van der Waals surface area contributed by atoms with Gasteiger partial charge < -0.3 is 4.74 Å². The van der Waals surface area contributed by atoms with Crippen molar-refractivity contribution in [3.8, 4) is 0 Å². The first-order valence-electron chi connectivity index (χ1n) is 9.24. The lowest BCUT2D eigenvalue weighted by Gasteiger charge is -2.12. The zero-order valence-corrected chi connectivity index (χ0v) is 17.2. The van der Waals surface area contributed by atoms with E-state index in [2.05, 4.69) is 4.99 Å². The van der Waals surface area contributed by atoms with Gasteiger partial charge in [-0.3, -0.25) is 9.69 Å². The van der Waals surface area contributed by atoms with Crippen molar-refractivity contribution >= 4 is 40.6 Å². The quantitative estimate of drug-likeness (QED) is 0.511. The number of hydrogen-bond acceptors (Lipinski definition) is 5. The van der Waals surface area contributed by atoms with Crippen LogP contribution in [0.5, 0.6) is 0 Å². The van der Waals surface area contributed by atoms with Crippen LogP contribution in [0.3, 0.4) is 0 Å². The lowest BCUT2D eigenvalue weighted by Crippen LogP contribution is -2.28. The molecule has 1 aliphatic heterocycles. The van der Waals surface area contributed by atoms with E-state index in [1.165, 1.54) is 23.9 Å². The number of benzene rings is 2. The fraction of sp³-hybridized carbons (Fsp3) is 0.227. The molecule has 0 radical (unpaired) electrons. The molecule has 2 aromatic carbocycles. The van der Waals surface area contributed by atoms with Crippen LogP contribution in [-0.4, -0.2) is 34.6 Å². The number of halogens is 1. The molecule has 0 atom stereocenters. The van der Waals surface area contributed by atoms with Crippen molar-refractivity contribution < 1.29 is 18.7 Å². The Morgan fingerprint density at radius 3 is 2.62 bits per heavy atom. The number of carbonyl (C=O) groups excluding carboxylic acids is 2. The molecule has 0 aliphatic carbocycles. The van der Waals surface area contributed by atoms with E-state index in [-0.39, 0.29) is 17.8 Å². The molecule has 1 aliphatic rings. The molecule has 2 aromatic rings. The smallest absolute Gasteiger partial charge is 0.338 e. The Morgan fingerprint density at radius 1 is 1.24 bits per heavy atom. The van der Waals surface area contributed by atoms with Gasteiger partial charge in [0.25, 0.3) is 5.91 Å². The lowest BCUT2D eigenvalue weighted by molar-refractivity contribution is -0.122. The van der Waals surface area contributed by atoms with Gasteiger partial charge in [0.2, 0.25) is 0 Å². The topological polar surface area (TPSA) is 59.0 Å². The van der Waals surface area contributed by atoms with Crippen LogP contribution in [0.25, 0.3) is 6.08 Å². The average molecular weight is 412 g/mol. The van der Waals surface area contributed by atoms with Gasteiger partial charge in [0.05, 0.1) is 22.3 Å². The predicted molar refractivity (Wildman–Crippen MR) is 113 cm³/mol. The van der Waals surface area contributed by atoms with Crippen LogP contribution < -0.4 is 0 Å². The van der Waals surface area contributed by atoms with Crippen LogP contribution in [-0.2, 0) is 9.53 Å². The molecule has 0 aromatic heterocycles. The lowest BCUT2D eigenvalue weighted by atomic mass is 10.2. The van der Waals surface area contributed by atoms with Crippen LogP contribution >= 0.6 is 11.8 Å². The maximum absolute atomic E-state index is 13.1. The van der Waals surface area contributed by atoms with E-state index in [9.17, 15) is 14.0 Å². The number of ether oxygens (including phenoxy) is 1. The summed E-state index contributed by atoms with van der Waals surface area (Å²) in [4.78, 5) is 31.5. The van der Waals surface area contributed by atoms with Crippen molar-refractivity contribution in [3.63, 3.8) is 0 Å². The van der Waals surface area contributed by atoms with E-state index < -0.39 is 5.97 Å². The number of esters is 1. The van der Waals surface area contributed by atoms with E-state index in [1.807, 2.05) is 6.92 Å². The molecule has 7 heteroatoms. The number of thioether (sulfide) groups is 1. The van der Waals surface area contributed by atoms with Crippen molar-refractivity contribution in [1.29, 1.82) is 0 Å². The third-order valence-electron chi connectivity index (χ3n) is 4.02. The van der Waals surface area contributed by atoms with E-state index in [0.29, 0.717) is 27.9 Å². The summed E-state index contributed by atoms with van der Waals surface area (Å²) in [5, 5.41) is 0.528. The Balaban J connectivity index is 1.88. The van der Waals surface area contributed by atoms with E-state index in [0.717, 1.165) is 5.56 Å². The van der Waals surface area contributed by atoms with E-state index in [1.54, 1.807) is 61.2 Å². The summed E-state index contributed by atoms with van der Waals surface area (Å²) < 4.78 is 18.3. The zero-order chi connectivity index (χ0) is 21.0. The van der Waals surface area contributed by atoms with Crippen molar-refractivity contribution in [2.24, 2.45) is 4.99 Å². The highest BCUT2D eigenvalue weighted by molar-refractivity contribution is 8.18. The predicted octanol–water partition coefficient (Wildman–Crippen LogP) is 5.01. The molecule has 29 heavy (non-hydrogen) atoms. The molecule has 3 rings (SSSR count). The Labute approximate surface area is 173 Å². The number of nitrogens with zero attached hydrogens (tertiary/aromatic N) is 2. The number of rotatable bonds is 5. The maximum atomic E-state index is 13.1. The molecule has 1 heterocycles. The molecule has 0 bridgehead atoms. The third-order valence-corrected chi connectivity index (χ3v) is 5.03. The van der Waals surface area contributed by atoms with Crippen molar-refractivity contribution in [2.45, 2.75) is 26.9 Å². The highest BCUT2D eigenvalue weighted by Gasteiger charge is 2.32. The summed E-state index contributed by atoms with van der Waals surface area (Å²) in [6.07, 6.45) is 1.50. The molecule has 0 spiro atoms. The minimum absolute atomic E-state index is 0.157. The first-order valence-corrected chi connectivity index (χ1v) is 10.1. The van der Waals surface area contributed by atoms with Gasteiger partial charge in [-0.05, 0) is 74.5 Å². The number of amidine groups is 1. The van der Waals surface area contributed by atoms with Crippen molar-refractivity contribution in [1.82, 2.24) is 4.90 Å². The van der Waals surface area contributed by atoms with Gasteiger partial charge in [0.1, 0.15) is 5.82 Å². The van der Waals surface area contributed by atoms with Gasteiger partial charge in [0.15, 0.2) is 5.17 Å². The van der Waals surface area contributed by atoms with Crippen LogP contribution in [0.15, 0.2) is 58.4 Å². The third kappa shape index (κ3) is 5.12. The second-order valence-electron chi connectivity index (χ2n) is 6.61. The summed E-state index contributed by atoms with van der Waals surface area (Å²) in [6, 6.07) is 12.7. The molecule has 1 amide bonds. The number of aliphatic imine (C=N–C) groups is 1. The van der Waals surface area contributed by atoms with Gasteiger partial charge in [-0.1, -0.05) is 18.2 Å². The second-order valence-corrected chi connectivity index (χ2v) is 7.62. The molecule has 1 fully saturated rings. The average Bonchev–Trinajstić information content (AvgIpc) is 2.97. The van der Waals surface area contributed by atoms with E-state index >= 15 is 0 Å². The zero-order valence-electron chi connectivity index (χ0n) is 16.4. The summed E-state index contributed by atoms with van der Waals surface area (Å²) in [5.74, 6) is -0.900. The van der Waals surface area contributed by atoms with Gasteiger partial charge in [-0.25, -0.2) is 14.2 Å².